The van der Waals surface area contributed by atoms with Crippen LogP contribution in [0.5, 0.6) is 5.75 Å². The molecule has 5 N–H and O–H groups in total. The highest BCUT2D eigenvalue weighted by molar-refractivity contribution is 14.1. The third kappa shape index (κ3) is 5.41. The van der Waals surface area contributed by atoms with E-state index in [0.717, 1.165) is 5.56 Å². The van der Waals surface area contributed by atoms with Gasteiger partial charge in [0.05, 0.1) is 22.4 Å². The number of methoxy groups -OCH3 is 1. The number of ether oxygens (including phenoxy) is 3. The zero-order valence-electron chi connectivity index (χ0n) is 14.9. The van der Waals surface area contributed by atoms with E-state index in [1.165, 1.54) is 0 Å². The van der Waals surface area contributed by atoms with Crippen LogP contribution in [0.25, 0.3) is 0 Å². The summed E-state index contributed by atoms with van der Waals surface area (Å²) in [6.07, 6.45) is -6.65. The van der Waals surface area contributed by atoms with Crippen molar-refractivity contribution in [2.24, 2.45) is 0 Å². The van der Waals surface area contributed by atoms with Crippen LogP contribution in [0, 0.1) is 0 Å². The molecule has 0 radical (unpaired) electrons. The van der Waals surface area contributed by atoms with Gasteiger partial charge in [-0.3, -0.25) is 0 Å². The first-order valence-electron chi connectivity index (χ1n) is 8.22. The fraction of sp³-hybridized carbons (Fsp3) is 0.647. The topological polar surface area (TPSA) is 121 Å². The number of rotatable bonds is 7. The highest BCUT2D eigenvalue weighted by Crippen LogP contribution is 2.33. The van der Waals surface area contributed by atoms with E-state index in [1.807, 2.05) is 26.0 Å². The van der Waals surface area contributed by atoms with Crippen molar-refractivity contribution in [1.82, 2.24) is 0 Å². The Balaban J connectivity index is 2.26. The van der Waals surface area contributed by atoms with Gasteiger partial charge in [0.15, 0.2) is 0 Å². The summed E-state index contributed by atoms with van der Waals surface area (Å²) in [4.78, 5) is 0. The Morgan fingerprint density at radius 2 is 1.88 bits per heavy atom. The number of hydrogen-bond acceptors (Lipinski definition) is 8. The van der Waals surface area contributed by atoms with Crippen molar-refractivity contribution in [3.05, 3.63) is 23.8 Å². The van der Waals surface area contributed by atoms with Crippen molar-refractivity contribution >= 4 is 28.3 Å². The van der Waals surface area contributed by atoms with Crippen molar-refractivity contribution in [3.63, 3.8) is 0 Å². The van der Waals surface area contributed by atoms with Crippen molar-refractivity contribution < 1.29 is 34.6 Å². The van der Waals surface area contributed by atoms with Crippen LogP contribution in [-0.2, 0) is 16.1 Å². The molecular formula is C17H26INO7. The number of alkyl halides is 1. The van der Waals surface area contributed by atoms with Gasteiger partial charge in [0, 0.05) is 7.11 Å². The largest absolute Gasteiger partial charge is 0.460 e. The molecule has 1 fully saturated rings. The van der Waals surface area contributed by atoms with E-state index in [9.17, 15) is 20.4 Å². The number of aliphatic hydroxyl groups excluding tert-OH is 4. The number of benzene rings is 1. The van der Waals surface area contributed by atoms with Gasteiger partial charge in [0.1, 0.15) is 30.2 Å². The van der Waals surface area contributed by atoms with E-state index >= 15 is 0 Å². The summed E-state index contributed by atoms with van der Waals surface area (Å²) in [6.45, 7) is 3.88. The van der Waals surface area contributed by atoms with Crippen LogP contribution < -0.4 is 10.1 Å². The summed E-state index contributed by atoms with van der Waals surface area (Å²) in [5, 5.41) is 42.5. The molecule has 1 aliphatic heterocycles. The van der Waals surface area contributed by atoms with Crippen LogP contribution in [0.15, 0.2) is 18.2 Å². The first-order chi connectivity index (χ1) is 12.2. The van der Waals surface area contributed by atoms with Crippen molar-refractivity contribution in [2.45, 2.75) is 54.7 Å². The van der Waals surface area contributed by atoms with Gasteiger partial charge in [-0.2, -0.15) is 0 Å². The van der Waals surface area contributed by atoms with Crippen LogP contribution in [0.1, 0.15) is 19.4 Å². The number of anilines is 1. The first kappa shape index (κ1) is 21.6. The molecule has 1 aromatic rings. The van der Waals surface area contributed by atoms with Gasteiger partial charge in [-0.25, -0.2) is 0 Å². The lowest BCUT2D eigenvalue weighted by atomic mass is 9.99. The number of nitrogens with one attached hydrogen (secondary N) is 1. The van der Waals surface area contributed by atoms with Gasteiger partial charge in [0.25, 0.3) is 0 Å². The maximum Gasteiger partial charge on any atom is 0.229 e. The second-order valence-electron chi connectivity index (χ2n) is 6.68. The Morgan fingerprint density at radius 1 is 1.19 bits per heavy atom. The van der Waals surface area contributed by atoms with Gasteiger partial charge < -0.3 is 40.0 Å². The molecule has 0 aromatic heterocycles. The first-order valence-corrected chi connectivity index (χ1v) is 9.30. The summed E-state index contributed by atoms with van der Waals surface area (Å²) in [6, 6.07) is 5.39. The molecule has 8 nitrogen and oxygen atoms in total. The lowest BCUT2D eigenvalue weighted by molar-refractivity contribution is -0.277. The maximum atomic E-state index is 10.2. The lowest BCUT2D eigenvalue weighted by Gasteiger charge is -2.39. The SMILES string of the molecule is COCc1ccc(OC2OC(CO)C(O)C(O)C2O)c(NC(C)(C)I)c1. The molecule has 0 amide bonds. The fourth-order valence-corrected chi connectivity index (χ4v) is 2.93. The Labute approximate surface area is 166 Å². The van der Waals surface area contributed by atoms with Crippen molar-refractivity contribution in [3.8, 4) is 5.75 Å². The zero-order valence-corrected chi connectivity index (χ0v) is 17.1. The highest BCUT2D eigenvalue weighted by Gasteiger charge is 2.44. The highest BCUT2D eigenvalue weighted by atomic mass is 127. The molecule has 0 saturated carbocycles. The van der Waals surface area contributed by atoms with E-state index < -0.39 is 37.3 Å². The molecule has 148 valence electrons. The minimum atomic E-state index is -1.49. The van der Waals surface area contributed by atoms with Gasteiger partial charge in [-0.15, -0.1) is 0 Å². The molecular weight excluding hydrogens is 457 g/mol. The third-order valence-corrected chi connectivity index (χ3v) is 4.15. The summed E-state index contributed by atoms with van der Waals surface area (Å²) in [5.74, 6) is 0.402. The maximum absolute atomic E-state index is 10.2. The minimum Gasteiger partial charge on any atom is -0.460 e. The van der Waals surface area contributed by atoms with Crippen LogP contribution >= 0.6 is 22.6 Å². The molecule has 0 aliphatic carbocycles. The second-order valence-corrected chi connectivity index (χ2v) is 9.37. The molecule has 1 aliphatic rings. The smallest absolute Gasteiger partial charge is 0.229 e. The Kier molecular flexibility index (Phi) is 7.48. The molecule has 1 saturated heterocycles. The standard InChI is InChI=1S/C17H26INO7/c1-17(2,18)19-10-6-9(8-24-3)4-5-11(10)25-16-15(23)14(22)13(21)12(7-20)26-16/h4-6,12-16,19-23H,7-8H2,1-3H3. The molecule has 0 bridgehead atoms. The summed E-state index contributed by atoms with van der Waals surface area (Å²) < 4.78 is 16.0. The van der Waals surface area contributed by atoms with Crippen LogP contribution in [-0.4, -0.2) is 68.4 Å². The molecule has 9 heteroatoms. The average Bonchev–Trinajstić information content (AvgIpc) is 2.56. The number of aliphatic hydroxyl groups is 4. The number of halogens is 1. The lowest BCUT2D eigenvalue weighted by Crippen LogP contribution is -2.60. The van der Waals surface area contributed by atoms with E-state index in [4.69, 9.17) is 14.2 Å². The summed E-state index contributed by atoms with van der Waals surface area (Å²) >= 11 is 2.24. The average molecular weight is 483 g/mol. The monoisotopic (exact) mass is 483 g/mol. The van der Waals surface area contributed by atoms with Crippen molar-refractivity contribution in [1.29, 1.82) is 0 Å². The predicted octanol–water partition coefficient (Wildman–Crippen LogP) is 0.595. The molecule has 0 spiro atoms. The van der Waals surface area contributed by atoms with Gasteiger partial charge >= 0.3 is 0 Å². The Hall–Kier alpha value is -0.690. The van der Waals surface area contributed by atoms with E-state index in [-0.39, 0.29) is 3.55 Å². The summed E-state index contributed by atoms with van der Waals surface area (Å²) in [5.41, 5.74) is 1.59. The molecule has 5 atom stereocenters. The normalized spacial score (nSPS) is 29.5. The Morgan fingerprint density at radius 3 is 2.46 bits per heavy atom. The van der Waals surface area contributed by atoms with E-state index in [2.05, 4.69) is 27.9 Å². The Bertz CT molecular complexity index is 593. The molecule has 1 aromatic carbocycles. The van der Waals surface area contributed by atoms with Crippen molar-refractivity contribution in [2.75, 3.05) is 19.0 Å². The number of hydrogen-bond donors (Lipinski definition) is 5. The molecule has 5 unspecified atom stereocenters. The molecule has 2 rings (SSSR count). The molecule has 26 heavy (non-hydrogen) atoms. The quantitative estimate of drug-likeness (QED) is 0.217. The van der Waals surface area contributed by atoms with Gasteiger partial charge in [-0.05, 0) is 31.5 Å². The second kappa shape index (κ2) is 9.00. The fourth-order valence-electron chi connectivity index (χ4n) is 2.64. The van der Waals surface area contributed by atoms with Gasteiger partial charge in [-0.1, -0.05) is 28.7 Å². The van der Waals surface area contributed by atoms with Crippen LogP contribution in [0.3, 0.4) is 0 Å². The van der Waals surface area contributed by atoms with E-state index in [1.54, 1.807) is 13.2 Å². The van der Waals surface area contributed by atoms with Crippen LogP contribution in [0.2, 0.25) is 0 Å². The van der Waals surface area contributed by atoms with Crippen LogP contribution in [0.4, 0.5) is 5.69 Å². The molecule has 1 heterocycles. The summed E-state index contributed by atoms with van der Waals surface area (Å²) in [7, 11) is 1.60. The predicted molar refractivity (Wildman–Crippen MR) is 103 cm³/mol. The minimum absolute atomic E-state index is 0.281. The van der Waals surface area contributed by atoms with E-state index in [0.29, 0.717) is 18.0 Å². The van der Waals surface area contributed by atoms with Gasteiger partial charge in [0.2, 0.25) is 6.29 Å². The zero-order chi connectivity index (χ0) is 19.5. The third-order valence-electron chi connectivity index (χ3n) is 3.88.